The number of hydrogen-bond donors (Lipinski definition) is 2. The van der Waals surface area contributed by atoms with Gasteiger partial charge < -0.3 is 16.0 Å². The number of nitrogens with two attached hydrogens (primary N) is 1. The molecule has 0 aliphatic heterocycles. The van der Waals surface area contributed by atoms with E-state index in [1.54, 1.807) is 6.07 Å². The molecular formula is C15H21N5. The zero-order chi connectivity index (χ0) is 14.5. The quantitative estimate of drug-likeness (QED) is 0.871. The molecule has 1 atom stereocenters. The molecule has 5 nitrogen and oxygen atoms in total. The number of nitrogens with one attached hydrogen (secondary N) is 1. The lowest BCUT2D eigenvalue weighted by Gasteiger charge is -2.20. The van der Waals surface area contributed by atoms with Gasteiger partial charge in [0.1, 0.15) is 11.6 Å². The Bertz CT molecular complexity index is 553. The highest BCUT2D eigenvalue weighted by Gasteiger charge is 2.07. The first-order chi connectivity index (χ1) is 9.56. The van der Waals surface area contributed by atoms with E-state index in [1.807, 2.05) is 30.3 Å². The lowest BCUT2D eigenvalue weighted by atomic mass is 10.2. The largest absolute Gasteiger partial charge is 0.384 e. The Morgan fingerprint density at radius 3 is 2.55 bits per heavy atom. The smallest absolute Gasteiger partial charge is 0.163 e. The summed E-state index contributed by atoms with van der Waals surface area (Å²) in [5, 5.41) is 3.30. The van der Waals surface area contributed by atoms with Gasteiger partial charge in [-0.15, -0.1) is 0 Å². The number of nitrogens with zero attached hydrogens (tertiary/aromatic N) is 3. The second kappa shape index (κ2) is 6.34. The van der Waals surface area contributed by atoms with Crippen molar-refractivity contribution in [3.05, 3.63) is 36.4 Å². The number of nitrogen functional groups attached to an aromatic ring is 1. The van der Waals surface area contributed by atoms with Gasteiger partial charge in [-0.05, 0) is 21.0 Å². The molecule has 0 bridgehead atoms. The monoisotopic (exact) mass is 271 g/mol. The summed E-state index contributed by atoms with van der Waals surface area (Å²) < 4.78 is 0. The number of benzene rings is 1. The molecule has 0 fully saturated rings. The molecule has 0 aliphatic carbocycles. The highest BCUT2D eigenvalue weighted by Crippen LogP contribution is 2.18. The molecule has 0 radical (unpaired) electrons. The number of likely N-dealkylation sites (N-methyl/N-ethyl adjacent to an activating group) is 1. The van der Waals surface area contributed by atoms with Crippen LogP contribution in [0.1, 0.15) is 6.92 Å². The SMILES string of the molecule is CC(CNc1cc(N)nc(-c2ccccc2)n1)N(C)C. The van der Waals surface area contributed by atoms with Gasteiger partial charge in [-0.25, -0.2) is 9.97 Å². The van der Waals surface area contributed by atoms with Gasteiger partial charge >= 0.3 is 0 Å². The van der Waals surface area contributed by atoms with Crippen molar-refractivity contribution in [3.8, 4) is 11.4 Å². The van der Waals surface area contributed by atoms with Crippen LogP contribution in [-0.4, -0.2) is 41.5 Å². The Hall–Kier alpha value is -2.14. The lowest BCUT2D eigenvalue weighted by Crippen LogP contribution is -2.31. The van der Waals surface area contributed by atoms with Crippen LogP contribution in [0.4, 0.5) is 11.6 Å². The maximum Gasteiger partial charge on any atom is 0.163 e. The van der Waals surface area contributed by atoms with Crippen LogP contribution in [0.2, 0.25) is 0 Å². The van der Waals surface area contributed by atoms with E-state index < -0.39 is 0 Å². The molecule has 1 unspecified atom stereocenters. The third-order valence-corrected chi connectivity index (χ3v) is 3.24. The average molecular weight is 271 g/mol. The van der Waals surface area contributed by atoms with Crippen LogP contribution >= 0.6 is 0 Å². The van der Waals surface area contributed by atoms with Crippen molar-refractivity contribution in [2.75, 3.05) is 31.7 Å². The molecule has 5 heteroatoms. The van der Waals surface area contributed by atoms with Crippen LogP contribution in [-0.2, 0) is 0 Å². The Kier molecular flexibility index (Phi) is 4.53. The van der Waals surface area contributed by atoms with Gasteiger partial charge in [-0.1, -0.05) is 30.3 Å². The first-order valence-corrected chi connectivity index (χ1v) is 6.66. The molecule has 1 aromatic carbocycles. The lowest BCUT2D eigenvalue weighted by molar-refractivity contribution is 0.326. The van der Waals surface area contributed by atoms with Gasteiger partial charge in [0.2, 0.25) is 0 Å². The van der Waals surface area contributed by atoms with E-state index >= 15 is 0 Å². The van der Waals surface area contributed by atoms with Crippen molar-refractivity contribution in [3.63, 3.8) is 0 Å². The molecule has 0 amide bonds. The molecule has 1 heterocycles. The number of hydrogen-bond acceptors (Lipinski definition) is 5. The fraction of sp³-hybridized carbons (Fsp3) is 0.333. The Labute approximate surface area is 119 Å². The molecule has 0 spiro atoms. The van der Waals surface area contributed by atoms with Crippen molar-refractivity contribution < 1.29 is 0 Å². The standard InChI is InChI=1S/C15H21N5/c1-11(20(2)3)10-17-14-9-13(16)18-15(19-14)12-7-5-4-6-8-12/h4-9,11H,10H2,1-3H3,(H3,16,17,18,19). The van der Waals surface area contributed by atoms with Crippen LogP contribution in [0.5, 0.6) is 0 Å². The molecule has 2 aromatic rings. The first kappa shape index (κ1) is 14.3. The molecule has 3 N–H and O–H groups in total. The van der Waals surface area contributed by atoms with Crippen molar-refractivity contribution in [1.29, 1.82) is 0 Å². The number of rotatable bonds is 5. The molecule has 2 rings (SSSR count). The number of anilines is 2. The predicted octanol–water partition coefficient (Wildman–Crippen LogP) is 2.09. The van der Waals surface area contributed by atoms with Crippen LogP contribution in [0.25, 0.3) is 11.4 Å². The Balaban J connectivity index is 2.17. The minimum Gasteiger partial charge on any atom is -0.384 e. The second-order valence-corrected chi connectivity index (χ2v) is 5.06. The van der Waals surface area contributed by atoms with E-state index in [9.17, 15) is 0 Å². The van der Waals surface area contributed by atoms with E-state index in [0.29, 0.717) is 17.7 Å². The molecular weight excluding hydrogens is 250 g/mol. The summed E-state index contributed by atoms with van der Waals surface area (Å²) in [6.45, 7) is 2.95. The van der Waals surface area contributed by atoms with Crippen LogP contribution in [0.3, 0.4) is 0 Å². The normalized spacial score (nSPS) is 12.4. The fourth-order valence-corrected chi connectivity index (χ4v) is 1.71. The van der Waals surface area contributed by atoms with E-state index in [2.05, 4.69) is 41.2 Å². The van der Waals surface area contributed by atoms with Crippen LogP contribution < -0.4 is 11.1 Å². The Morgan fingerprint density at radius 2 is 1.90 bits per heavy atom. The van der Waals surface area contributed by atoms with Crippen molar-refractivity contribution in [2.24, 2.45) is 0 Å². The Morgan fingerprint density at radius 1 is 1.20 bits per heavy atom. The molecule has 106 valence electrons. The third kappa shape index (κ3) is 3.68. The van der Waals surface area contributed by atoms with Crippen LogP contribution in [0.15, 0.2) is 36.4 Å². The molecule has 0 saturated carbocycles. The molecule has 0 aliphatic rings. The summed E-state index contributed by atoms with van der Waals surface area (Å²) in [5.74, 6) is 1.87. The van der Waals surface area contributed by atoms with E-state index in [4.69, 9.17) is 5.73 Å². The minimum atomic E-state index is 0.409. The summed E-state index contributed by atoms with van der Waals surface area (Å²) in [4.78, 5) is 10.9. The first-order valence-electron chi connectivity index (χ1n) is 6.66. The van der Waals surface area contributed by atoms with Gasteiger partial charge in [-0.2, -0.15) is 0 Å². The van der Waals surface area contributed by atoms with Crippen LogP contribution in [0, 0.1) is 0 Å². The summed E-state index contributed by atoms with van der Waals surface area (Å²) in [7, 11) is 4.10. The zero-order valence-electron chi connectivity index (χ0n) is 12.2. The van der Waals surface area contributed by atoms with Gasteiger partial charge in [-0.3, -0.25) is 0 Å². The molecule has 1 aromatic heterocycles. The third-order valence-electron chi connectivity index (χ3n) is 3.24. The van der Waals surface area contributed by atoms with E-state index in [0.717, 1.165) is 17.9 Å². The summed E-state index contributed by atoms with van der Waals surface area (Å²) in [6.07, 6.45) is 0. The summed E-state index contributed by atoms with van der Waals surface area (Å²) in [6, 6.07) is 12.0. The minimum absolute atomic E-state index is 0.409. The van der Waals surface area contributed by atoms with Gasteiger partial charge in [0.25, 0.3) is 0 Å². The highest BCUT2D eigenvalue weighted by molar-refractivity contribution is 5.60. The zero-order valence-corrected chi connectivity index (χ0v) is 12.2. The summed E-state index contributed by atoms with van der Waals surface area (Å²) in [5.41, 5.74) is 6.82. The predicted molar refractivity (Wildman–Crippen MR) is 83.5 cm³/mol. The summed E-state index contributed by atoms with van der Waals surface area (Å²) >= 11 is 0. The topological polar surface area (TPSA) is 67.1 Å². The van der Waals surface area contributed by atoms with Crippen molar-refractivity contribution in [2.45, 2.75) is 13.0 Å². The van der Waals surface area contributed by atoms with Crippen molar-refractivity contribution in [1.82, 2.24) is 14.9 Å². The molecule has 0 saturated heterocycles. The van der Waals surface area contributed by atoms with E-state index in [1.165, 1.54) is 0 Å². The second-order valence-electron chi connectivity index (χ2n) is 5.06. The van der Waals surface area contributed by atoms with E-state index in [-0.39, 0.29) is 0 Å². The van der Waals surface area contributed by atoms with Gasteiger partial charge in [0.05, 0.1) is 0 Å². The molecule has 20 heavy (non-hydrogen) atoms. The average Bonchev–Trinajstić information content (AvgIpc) is 2.45. The maximum atomic E-state index is 5.86. The highest BCUT2D eigenvalue weighted by atomic mass is 15.1. The van der Waals surface area contributed by atoms with Gasteiger partial charge in [0.15, 0.2) is 5.82 Å². The maximum absolute atomic E-state index is 5.86. The van der Waals surface area contributed by atoms with Gasteiger partial charge in [0, 0.05) is 24.2 Å². The van der Waals surface area contributed by atoms with Crippen molar-refractivity contribution >= 4 is 11.6 Å². The number of aromatic nitrogens is 2. The fourth-order valence-electron chi connectivity index (χ4n) is 1.71.